The molecule has 0 unspecified atom stereocenters. The van der Waals surface area contributed by atoms with Crippen molar-refractivity contribution in [3.63, 3.8) is 0 Å². The molecule has 18 heavy (non-hydrogen) atoms. The second-order valence-electron chi connectivity index (χ2n) is 5.23. The van der Waals surface area contributed by atoms with E-state index in [0.29, 0.717) is 6.42 Å². The zero-order valence-electron chi connectivity index (χ0n) is 10.9. The molecule has 1 heterocycles. The summed E-state index contributed by atoms with van der Waals surface area (Å²) in [6, 6.07) is 3.12. The fraction of sp³-hybridized carbons (Fsp3) is 0.500. The largest absolute Gasteiger partial charge is 0.503 e. The van der Waals surface area contributed by atoms with Gasteiger partial charge in [0.2, 0.25) is 10.0 Å². The van der Waals surface area contributed by atoms with Gasteiger partial charge >= 0.3 is 0 Å². The van der Waals surface area contributed by atoms with Crippen LogP contribution in [0.2, 0.25) is 0 Å². The van der Waals surface area contributed by atoms with Crippen molar-refractivity contribution in [3.05, 3.63) is 17.7 Å². The topological polar surface area (TPSA) is 66.8 Å². The van der Waals surface area contributed by atoms with Crippen LogP contribution in [-0.2, 0) is 16.4 Å². The first kappa shape index (κ1) is 13.2. The SMILES string of the molecule is CN(C)S(=O)(=O)c1ccc2c(c1O)OC(C)(C)C2. The van der Waals surface area contributed by atoms with E-state index in [1.54, 1.807) is 6.07 Å². The van der Waals surface area contributed by atoms with Crippen molar-refractivity contribution in [2.75, 3.05) is 14.1 Å². The highest BCUT2D eigenvalue weighted by Crippen LogP contribution is 2.44. The van der Waals surface area contributed by atoms with Gasteiger partial charge in [0, 0.05) is 26.1 Å². The Morgan fingerprint density at radius 3 is 2.50 bits per heavy atom. The summed E-state index contributed by atoms with van der Waals surface area (Å²) in [5.41, 5.74) is 0.413. The Morgan fingerprint density at radius 2 is 1.94 bits per heavy atom. The van der Waals surface area contributed by atoms with E-state index < -0.39 is 15.6 Å². The van der Waals surface area contributed by atoms with Crippen LogP contribution >= 0.6 is 0 Å². The van der Waals surface area contributed by atoms with E-state index in [2.05, 4.69) is 0 Å². The van der Waals surface area contributed by atoms with Gasteiger partial charge < -0.3 is 9.84 Å². The van der Waals surface area contributed by atoms with Gasteiger partial charge in [0.25, 0.3) is 0 Å². The third kappa shape index (κ3) is 1.95. The van der Waals surface area contributed by atoms with Crippen molar-refractivity contribution in [2.24, 2.45) is 0 Å². The number of hydrogen-bond donors (Lipinski definition) is 1. The predicted molar refractivity (Wildman–Crippen MR) is 67.4 cm³/mol. The van der Waals surface area contributed by atoms with E-state index in [4.69, 9.17) is 4.74 Å². The Bertz CT molecular complexity index is 590. The van der Waals surface area contributed by atoms with Crippen LogP contribution in [-0.4, -0.2) is 37.5 Å². The van der Waals surface area contributed by atoms with E-state index in [-0.39, 0.29) is 16.4 Å². The Labute approximate surface area is 107 Å². The Balaban J connectivity index is 2.58. The van der Waals surface area contributed by atoms with Crippen LogP contribution in [0.25, 0.3) is 0 Å². The number of benzene rings is 1. The van der Waals surface area contributed by atoms with Crippen LogP contribution in [0.4, 0.5) is 0 Å². The molecule has 0 saturated carbocycles. The van der Waals surface area contributed by atoms with E-state index >= 15 is 0 Å². The number of rotatable bonds is 2. The molecule has 0 aliphatic carbocycles. The van der Waals surface area contributed by atoms with Crippen molar-refractivity contribution in [2.45, 2.75) is 30.8 Å². The van der Waals surface area contributed by atoms with Crippen LogP contribution in [0.3, 0.4) is 0 Å². The normalized spacial score (nSPS) is 17.6. The van der Waals surface area contributed by atoms with E-state index in [9.17, 15) is 13.5 Å². The maximum Gasteiger partial charge on any atom is 0.246 e. The molecule has 0 atom stereocenters. The maximum absolute atomic E-state index is 12.0. The van der Waals surface area contributed by atoms with Crippen molar-refractivity contribution in [1.82, 2.24) is 4.31 Å². The monoisotopic (exact) mass is 271 g/mol. The van der Waals surface area contributed by atoms with Crippen molar-refractivity contribution in [1.29, 1.82) is 0 Å². The number of hydrogen-bond acceptors (Lipinski definition) is 4. The van der Waals surface area contributed by atoms with E-state index in [1.165, 1.54) is 20.2 Å². The smallest absolute Gasteiger partial charge is 0.246 e. The molecule has 1 aromatic carbocycles. The minimum absolute atomic E-state index is 0.121. The quantitative estimate of drug-likeness (QED) is 0.882. The Kier molecular flexibility index (Phi) is 2.82. The third-order valence-electron chi connectivity index (χ3n) is 2.93. The average Bonchev–Trinajstić information content (AvgIpc) is 2.53. The molecule has 0 radical (unpaired) electrons. The Morgan fingerprint density at radius 1 is 1.33 bits per heavy atom. The van der Waals surface area contributed by atoms with Gasteiger partial charge in [-0.25, -0.2) is 12.7 Å². The number of sulfonamides is 1. The summed E-state index contributed by atoms with van der Waals surface area (Å²) in [6.07, 6.45) is 0.651. The lowest BCUT2D eigenvalue weighted by Gasteiger charge is -2.18. The van der Waals surface area contributed by atoms with Gasteiger partial charge in [0.1, 0.15) is 10.5 Å². The zero-order chi connectivity index (χ0) is 13.7. The lowest BCUT2D eigenvalue weighted by molar-refractivity contribution is 0.133. The predicted octanol–water partition coefficient (Wildman–Crippen LogP) is 1.36. The number of phenols is 1. The summed E-state index contributed by atoms with van der Waals surface area (Å²) in [7, 11) is -0.816. The minimum Gasteiger partial charge on any atom is -0.503 e. The van der Waals surface area contributed by atoms with Crippen LogP contribution in [0, 0.1) is 0 Å². The molecule has 1 aliphatic heterocycles. The van der Waals surface area contributed by atoms with Crippen molar-refractivity contribution in [3.8, 4) is 11.5 Å². The first-order chi connectivity index (χ1) is 8.15. The van der Waals surface area contributed by atoms with Crippen LogP contribution < -0.4 is 4.74 Å². The second-order valence-corrected chi connectivity index (χ2v) is 7.35. The van der Waals surface area contributed by atoms with Gasteiger partial charge in [-0.3, -0.25) is 0 Å². The molecule has 6 heteroatoms. The fourth-order valence-corrected chi connectivity index (χ4v) is 2.99. The highest BCUT2D eigenvalue weighted by molar-refractivity contribution is 7.89. The molecule has 100 valence electrons. The molecule has 0 aromatic heterocycles. The summed E-state index contributed by atoms with van der Waals surface area (Å²) in [5.74, 6) is -0.0188. The lowest BCUT2D eigenvalue weighted by Crippen LogP contribution is -2.24. The molecule has 1 N–H and O–H groups in total. The summed E-state index contributed by atoms with van der Waals surface area (Å²) < 4.78 is 30.7. The lowest BCUT2D eigenvalue weighted by atomic mass is 10.0. The number of phenolic OH excluding ortho intramolecular Hbond substituents is 1. The molecule has 2 rings (SSSR count). The van der Waals surface area contributed by atoms with Gasteiger partial charge in [-0.2, -0.15) is 0 Å². The van der Waals surface area contributed by atoms with Gasteiger partial charge in [-0.15, -0.1) is 0 Å². The highest BCUT2D eigenvalue weighted by atomic mass is 32.2. The summed E-state index contributed by atoms with van der Waals surface area (Å²) in [6.45, 7) is 3.79. The van der Waals surface area contributed by atoms with E-state index in [1.807, 2.05) is 13.8 Å². The molecule has 1 aromatic rings. The minimum atomic E-state index is -3.66. The van der Waals surface area contributed by atoms with Gasteiger partial charge in [0.15, 0.2) is 11.5 Å². The molecule has 0 bridgehead atoms. The van der Waals surface area contributed by atoms with Crippen molar-refractivity contribution >= 4 is 10.0 Å². The molecule has 5 nitrogen and oxygen atoms in total. The first-order valence-electron chi connectivity index (χ1n) is 5.61. The molecule has 0 spiro atoms. The molecular formula is C12H17NO4S. The van der Waals surface area contributed by atoms with Crippen LogP contribution in [0.15, 0.2) is 17.0 Å². The van der Waals surface area contributed by atoms with Gasteiger partial charge in [0.05, 0.1) is 0 Å². The summed E-state index contributed by atoms with van der Waals surface area (Å²) in [4.78, 5) is -0.121. The number of aromatic hydroxyl groups is 1. The second kappa shape index (κ2) is 3.86. The standard InChI is InChI=1S/C12H17NO4S/c1-12(2)7-8-5-6-9(10(14)11(8)17-12)18(15,16)13(3)4/h5-6,14H,7H2,1-4H3. The number of nitrogens with zero attached hydrogens (tertiary/aromatic N) is 1. The molecular weight excluding hydrogens is 254 g/mol. The molecule has 0 amide bonds. The number of fused-ring (bicyclic) bond motifs is 1. The van der Waals surface area contributed by atoms with Gasteiger partial charge in [-0.1, -0.05) is 6.07 Å². The highest BCUT2D eigenvalue weighted by Gasteiger charge is 2.35. The number of ether oxygens (including phenoxy) is 1. The summed E-state index contributed by atoms with van der Waals surface area (Å²) in [5, 5.41) is 10.1. The van der Waals surface area contributed by atoms with Crippen LogP contribution in [0.1, 0.15) is 19.4 Å². The summed E-state index contributed by atoms with van der Waals surface area (Å²) >= 11 is 0. The molecule has 0 fully saturated rings. The molecule has 0 saturated heterocycles. The van der Waals surface area contributed by atoms with E-state index in [0.717, 1.165) is 9.87 Å². The first-order valence-corrected chi connectivity index (χ1v) is 7.05. The zero-order valence-corrected chi connectivity index (χ0v) is 11.7. The van der Waals surface area contributed by atoms with Gasteiger partial charge in [-0.05, 0) is 19.9 Å². The third-order valence-corrected chi connectivity index (χ3v) is 4.78. The Hall–Kier alpha value is -1.27. The maximum atomic E-state index is 12.0. The van der Waals surface area contributed by atoms with Crippen LogP contribution in [0.5, 0.6) is 11.5 Å². The molecule has 1 aliphatic rings. The van der Waals surface area contributed by atoms with Crippen molar-refractivity contribution < 1.29 is 18.3 Å². The average molecular weight is 271 g/mol. The fourth-order valence-electron chi connectivity index (χ4n) is 2.02.